The molecule has 2 rings (SSSR count). The van der Waals surface area contributed by atoms with Crippen molar-refractivity contribution in [3.8, 4) is 11.8 Å². The van der Waals surface area contributed by atoms with Gasteiger partial charge in [-0.2, -0.15) is 0 Å². The van der Waals surface area contributed by atoms with Crippen LogP contribution in [0.2, 0.25) is 0 Å². The van der Waals surface area contributed by atoms with Crippen molar-refractivity contribution in [2.75, 3.05) is 17.7 Å². The van der Waals surface area contributed by atoms with Gasteiger partial charge in [-0.1, -0.05) is 18.4 Å². The van der Waals surface area contributed by atoms with E-state index in [2.05, 4.69) is 22.1 Å². The van der Waals surface area contributed by atoms with Crippen LogP contribution in [0.25, 0.3) is 0 Å². The summed E-state index contributed by atoms with van der Waals surface area (Å²) in [6, 6.07) is 4.85. The zero-order chi connectivity index (χ0) is 15.3. The first-order valence-corrected chi connectivity index (χ1v) is 8.34. The second-order valence-electron chi connectivity index (χ2n) is 4.71. The van der Waals surface area contributed by atoms with Crippen LogP contribution in [0.1, 0.15) is 25.0 Å². The first kappa shape index (κ1) is 15.5. The first-order valence-electron chi connectivity index (χ1n) is 6.62. The number of anilines is 1. The van der Waals surface area contributed by atoms with E-state index in [1.807, 2.05) is 0 Å². The number of pyridine rings is 1. The Labute approximate surface area is 123 Å². The lowest BCUT2D eigenvalue weighted by Gasteiger charge is -2.21. The molecule has 1 amide bonds. The van der Waals surface area contributed by atoms with Crippen molar-refractivity contribution in [3.63, 3.8) is 0 Å². The molecule has 0 aromatic carbocycles. The third-order valence-electron chi connectivity index (χ3n) is 3.17. The van der Waals surface area contributed by atoms with Gasteiger partial charge >= 0.3 is 0 Å². The molecule has 112 valence electrons. The van der Waals surface area contributed by atoms with Crippen LogP contribution >= 0.6 is 0 Å². The summed E-state index contributed by atoms with van der Waals surface area (Å²) < 4.78 is 23.8. The number of carbonyl (C=O) groups excluding carboxylic acids is 1. The lowest BCUT2D eigenvalue weighted by molar-refractivity contribution is -0.116. The van der Waals surface area contributed by atoms with E-state index in [0.717, 1.165) is 6.42 Å². The molecule has 0 radical (unpaired) electrons. The van der Waals surface area contributed by atoms with E-state index in [-0.39, 0.29) is 18.2 Å². The summed E-state index contributed by atoms with van der Waals surface area (Å²) in [5.74, 6) is 4.84. The zero-order valence-electron chi connectivity index (χ0n) is 11.4. The average Bonchev–Trinajstić information content (AvgIpc) is 2.45. The van der Waals surface area contributed by atoms with E-state index >= 15 is 0 Å². The van der Waals surface area contributed by atoms with Crippen molar-refractivity contribution < 1.29 is 18.3 Å². The Kier molecular flexibility index (Phi) is 4.94. The molecule has 21 heavy (non-hydrogen) atoms. The molecule has 1 atom stereocenters. The summed E-state index contributed by atoms with van der Waals surface area (Å²) in [5, 5.41) is 10.2. The Hall–Kier alpha value is -1.91. The Bertz CT molecular complexity index is 688. The predicted octanol–water partition coefficient (Wildman–Crippen LogP) is 0.331. The topological polar surface area (TPSA) is 96.4 Å². The normalized spacial score (nSPS) is 20.1. The number of aliphatic hydroxyl groups excluding tert-OH is 1. The van der Waals surface area contributed by atoms with Crippen molar-refractivity contribution in [3.05, 3.63) is 23.9 Å². The van der Waals surface area contributed by atoms with Crippen LogP contribution in [-0.2, 0) is 14.6 Å². The van der Waals surface area contributed by atoms with Gasteiger partial charge in [-0.25, -0.2) is 13.4 Å². The number of hydrogen-bond donors (Lipinski definition) is 2. The summed E-state index contributed by atoms with van der Waals surface area (Å²) in [4.78, 5) is 16.2. The molecule has 1 saturated heterocycles. The third-order valence-corrected chi connectivity index (χ3v) is 5.34. The highest BCUT2D eigenvalue weighted by Crippen LogP contribution is 2.20. The summed E-state index contributed by atoms with van der Waals surface area (Å²) in [6.45, 7) is -0.279. The van der Waals surface area contributed by atoms with Crippen molar-refractivity contribution in [1.29, 1.82) is 0 Å². The number of nitrogens with zero attached hydrogens (tertiary/aromatic N) is 1. The van der Waals surface area contributed by atoms with Crippen LogP contribution in [0, 0.1) is 11.8 Å². The fraction of sp³-hybridized carbons (Fsp3) is 0.429. The van der Waals surface area contributed by atoms with Gasteiger partial charge in [0.1, 0.15) is 23.4 Å². The maximum Gasteiger partial charge on any atom is 0.243 e. The van der Waals surface area contributed by atoms with Crippen LogP contribution < -0.4 is 5.32 Å². The standard InChI is InChI=1S/C14H16N2O4S/c17-9-4-6-11-5-3-8-13(15-11)16-14(18)12-7-1-2-10-21(12,19)20/h3,5,8,12,17H,1-2,7,9-10H2,(H,15,16,18). The Morgan fingerprint density at radius 2 is 2.24 bits per heavy atom. The Morgan fingerprint density at radius 1 is 1.43 bits per heavy atom. The van der Waals surface area contributed by atoms with Gasteiger partial charge in [-0.05, 0) is 30.9 Å². The lowest BCUT2D eigenvalue weighted by Crippen LogP contribution is -2.39. The van der Waals surface area contributed by atoms with Gasteiger partial charge in [-0.15, -0.1) is 0 Å². The molecule has 1 unspecified atom stereocenters. The second-order valence-corrected chi connectivity index (χ2v) is 7.01. The SMILES string of the molecule is O=C(Nc1cccc(C#CCO)n1)C1CCCCS1(=O)=O. The molecule has 1 aliphatic rings. The summed E-state index contributed by atoms with van der Waals surface area (Å²) in [5.41, 5.74) is 0.397. The molecule has 1 aliphatic heterocycles. The highest BCUT2D eigenvalue weighted by Gasteiger charge is 2.34. The number of amides is 1. The summed E-state index contributed by atoms with van der Waals surface area (Å²) in [6.07, 6.45) is 1.68. The number of hydrogen-bond acceptors (Lipinski definition) is 5. The molecule has 0 spiro atoms. The summed E-state index contributed by atoms with van der Waals surface area (Å²) >= 11 is 0. The molecule has 1 aromatic rings. The number of carbonyl (C=O) groups is 1. The Balaban J connectivity index is 2.12. The minimum absolute atomic E-state index is 0.0561. The molecule has 0 aliphatic carbocycles. The number of sulfone groups is 1. The zero-order valence-corrected chi connectivity index (χ0v) is 12.2. The maximum absolute atomic E-state index is 12.1. The quantitative estimate of drug-likeness (QED) is 0.768. The highest BCUT2D eigenvalue weighted by atomic mass is 32.2. The molecule has 7 heteroatoms. The Morgan fingerprint density at radius 3 is 2.95 bits per heavy atom. The van der Waals surface area contributed by atoms with E-state index in [4.69, 9.17) is 5.11 Å². The van der Waals surface area contributed by atoms with Crippen LogP contribution in [0.4, 0.5) is 5.82 Å². The van der Waals surface area contributed by atoms with E-state index < -0.39 is 21.0 Å². The molecule has 1 fully saturated rings. The van der Waals surface area contributed by atoms with Crippen molar-refractivity contribution >= 4 is 21.6 Å². The molecular formula is C14H16N2O4S. The van der Waals surface area contributed by atoms with Crippen molar-refractivity contribution in [2.45, 2.75) is 24.5 Å². The van der Waals surface area contributed by atoms with E-state index in [0.29, 0.717) is 18.5 Å². The molecule has 0 saturated carbocycles. The molecule has 1 aromatic heterocycles. The van der Waals surface area contributed by atoms with Gasteiger partial charge in [0, 0.05) is 0 Å². The maximum atomic E-state index is 12.1. The predicted molar refractivity (Wildman–Crippen MR) is 78.3 cm³/mol. The number of nitrogens with one attached hydrogen (secondary N) is 1. The van der Waals surface area contributed by atoms with Gasteiger partial charge in [0.2, 0.25) is 5.91 Å². The van der Waals surface area contributed by atoms with Crippen LogP contribution in [0.3, 0.4) is 0 Å². The first-order chi connectivity index (χ1) is 10.0. The van der Waals surface area contributed by atoms with Gasteiger partial charge in [0.25, 0.3) is 0 Å². The van der Waals surface area contributed by atoms with Crippen molar-refractivity contribution in [2.24, 2.45) is 0 Å². The van der Waals surface area contributed by atoms with Gasteiger partial charge in [0.15, 0.2) is 9.84 Å². The molecule has 0 bridgehead atoms. The number of rotatable bonds is 2. The minimum Gasteiger partial charge on any atom is -0.384 e. The highest BCUT2D eigenvalue weighted by molar-refractivity contribution is 7.92. The monoisotopic (exact) mass is 308 g/mol. The fourth-order valence-corrected chi connectivity index (χ4v) is 3.96. The van der Waals surface area contributed by atoms with Crippen LogP contribution in [0.15, 0.2) is 18.2 Å². The van der Waals surface area contributed by atoms with E-state index in [9.17, 15) is 13.2 Å². The average molecular weight is 308 g/mol. The van der Waals surface area contributed by atoms with E-state index in [1.54, 1.807) is 18.2 Å². The fourth-order valence-electron chi connectivity index (χ4n) is 2.16. The minimum atomic E-state index is -3.37. The molecular weight excluding hydrogens is 292 g/mol. The van der Waals surface area contributed by atoms with Gasteiger partial charge < -0.3 is 10.4 Å². The number of aromatic nitrogens is 1. The molecule has 6 nitrogen and oxygen atoms in total. The summed E-state index contributed by atoms with van der Waals surface area (Å²) in [7, 11) is -3.37. The molecule has 2 heterocycles. The van der Waals surface area contributed by atoms with E-state index in [1.165, 1.54) is 0 Å². The number of aliphatic hydroxyl groups is 1. The van der Waals surface area contributed by atoms with Gasteiger partial charge in [0.05, 0.1) is 5.75 Å². The largest absolute Gasteiger partial charge is 0.384 e. The molecule has 2 N–H and O–H groups in total. The van der Waals surface area contributed by atoms with Gasteiger partial charge in [-0.3, -0.25) is 4.79 Å². The third kappa shape index (κ3) is 4.03. The van der Waals surface area contributed by atoms with Crippen molar-refractivity contribution in [1.82, 2.24) is 4.98 Å². The van der Waals surface area contributed by atoms with Crippen LogP contribution in [0.5, 0.6) is 0 Å². The lowest BCUT2D eigenvalue weighted by atomic mass is 10.2. The second kappa shape index (κ2) is 6.70. The smallest absolute Gasteiger partial charge is 0.243 e. The van der Waals surface area contributed by atoms with Crippen LogP contribution in [-0.4, -0.2) is 42.0 Å².